The average molecular weight is 323 g/mol. The molecule has 1 fully saturated rings. The van der Waals surface area contributed by atoms with Gasteiger partial charge >= 0.3 is 0 Å². The topological polar surface area (TPSA) is 104 Å². The summed E-state index contributed by atoms with van der Waals surface area (Å²) in [5, 5.41) is 37.0. The molecule has 0 aliphatic heterocycles. The maximum absolute atomic E-state index is 9.30. The Labute approximate surface area is 140 Å². The summed E-state index contributed by atoms with van der Waals surface area (Å²) >= 11 is 0. The molecule has 0 spiro atoms. The Morgan fingerprint density at radius 2 is 1.22 bits per heavy atom. The van der Waals surface area contributed by atoms with Crippen molar-refractivity contribution in [3.8, 4) is 24.3 Å². The molecular weight excluding hydrogens is 304 g/mol. The van der Waals surface area contributed by atoms with Gasteiger partial charge in [-0.05, 0) is 24.6 Å². The Kier molecular flexibility index (Phi) is 5.96. The highest BCUT2D eigenvalue weighted by Gasteiger charge is 2.55. The van der Waals surface area contributed by atoms with E-state index in [-0.39, 0.29) is 28.7 Å². The van der Waals surface area contributed by atoms with Gasteiger partial charge in [0, 0.05) is 12.5 Å². The summed E-state index contributed by atoms with van der Waals surface area (Å²) in [6.45, 7) is 11.0. The first-order valence-electron chi connectivity index (χ1n) is 7.24. The van der Waals surface area contributed by atoms with Crippen molar-refractivity contribution in [2.75, 3.05) is 6.61 Å². The highest BCUT2D eigenvalue weighted by molar-refractivity contribution is 6.74. The molecule has 0 aromatic heterocycles. The molecule has 1 aliphatic carbocycles. The quantitative estimate of drug-likeness (QED) is 0.737. The Hall–Kier alpha value is -1.86. The molecule has 1 aliphatic rings. The number of hydrogen-bond donors (Lipinski definition) is 0. The first kappa shape index (κ1) is 19.2. The minimum Gasteiger partial charge on any atom is -0.417 e. The molecule has 0 atom stereocenters. The lowest BCUT2D eigenvalue weighted by atomic mass is 9.86. The van der Waals surface area contributed by atoms with Crippen molar-refractivity contribution in [2.24, 2.45) is 0 Å². The third-order valence-corrected chi connectivity index (χ3v) is 8.96. The smallest absolute Gasteiger partial charge is 0.191 e. The zero-order valence-electron chi connectivity index (χ0n) is 14.1. The number of rotatable bonds is 4. The van der Waals surface area contributed by atoms with Crippen molar-refractivity contribution in [1.82, 2.24) is 0 Å². The van der Waals surface area contributed by atoms with Gasteiger partial charge in [-0.3, -0.25) is 0 Å². The van der Waals surface area contributed by atoms with Crippen molar-refractivity contribution in [3.63, 3.8) is 0 Å². The second kappa shape index (κ2) is 7.14. The molecule has 0 amide bonds. The fourth-order valence-corrected chi connectivity index (χ4v) is 3.07. The molecule has 0 unspecified atom stereocenters. The fraction of sp³-hybridized carbons (Fsp3) is 0.471. The summed E-state index contributed by atoms with van der Waals surface area (Å²) in [6, 6.07) is 7.63. The molecule has 0 heterocycles. The van der Waals surface area contributed by atoms with Gasteiger partial charge in [-0.1, -0.05) is 20.8 Å². The minimum atomic E-state index is -1.93. The lowest BCUT2D eigenvalue weighted by Gasteiger charge is -2.36. The zero-order valence-corrected chi connectivity index (χ0v) is 15.1. The average Bonchev–Trinajstić information content (AvgIpc) is 2.77. The number of nitriles is 4. The van der Waals surface area contributed by atoms with Crippen LogP contribution in [0.15, 0.2) is 0 Å². The molecule has 23 heavy (non-hydrogen) atoms. The lowest BCUT2D eigenvalue weighted by Crippen LogP contribution is -2.41. The Morgan fingerprint density at radius 3 is 1.52 bits per heavy atom. The van der Waals surface area contributed by atoms with Gasteiger partial charge in [0.25, 0.3) is 0 Å². The number of hydrogen-bond acceptors (Lipinski definition) is 5. The Bertz CT molecular complexity index is 559. The van der Waals surface area contributed by atoms with Crippen LogP contribution in [0.5, 0.6) is 0 Å². The van der Waals surface area contributed by atoms with Crippen LogP contribution in [-0.4, -0.2) is 14.9 Å². The van der Waals surface area contributed by atoms with Crippen LogP contribution in [0, 0.1) is 74.9 Å². The van der Waals surface area contributed by atoms with Crippen molar-refractivity contribution in [1.29, 1.82) is 21.0 Å². The van der Waals surface area contributed by atoms with Crippen LogP contribution in [0.3, 0.4) is 0 Å². The van der Waals surface area contributed by atoms with E-state index < -0.39 is 8.32 Å². The van der Waals surface area contributed by atoms with E-state index in [0.29, 0.717) is 18.9 Å². The molecule has 5 nitrogen and oxygen atoms in total. The third-order valence-electron chi connectivity index (χ3n) is 4.42. The van der Waals surface area contributed by atoms with Crippen LogP contribution < -0.4 is 0 Å². The maximum Gasteiger partial charge on any atom is 0.191 e. The van der Waals surface area contributed by atoms with Gasteiger partial charge in [0.05, 0.1) is 24.3 Å². The predicted octanol–water partition coefficient (Wildman–Crippen LogP) is 3.38. The van der Waals surface area contributed by atoms with E-state index in [1.807, 2.05) is 24.3 Å². The van der Waals surface area contributed by atoms with E-state index in [9.17, 15) is 21.0 Å². The van der Waals surface area contributed by atoms with E-state index >= 15 is 0 Å². The first-order chi connectivity index (χ1) is 10.6. The Balaban J connectivity index is 2.87. The van der Waals surface area contributed by atoms with E-state index in [1.165, 1.54) is 0 Å². The molecule has 1 rings (SSSR count). The molecule has 0 aromatic carbocycles. The van der Waals surface area contributed by atoms with Crippen molar-refractivity contribution in [3.05, 3.63) is 29.6 Å². The van der Waals surface area contributed by atoms with Gasteiger partial charge < -0.3 is 4.43 Å². The summed E-state index contributed by atoms with van der Waals surface area (Å²) in [6.07, 6.45) is 0.342. The minimum absolute atomic E-state index is 0.00567. The zero-order chi connectivity index (χ0) is 17.8. The van der Waals surface area contributed by atoms with Gasteiger partial charge in [0.15, 0.2) is 8.32 Å². The summed E-state index contributed by atoms with van der Waals surface area (Å²) in [4.78, 5) is 0. The van der Waals surface area contributed by atoms with Crippen LogP contribution in [0.1, 0.15) is 27.2 Å². The van der Waals surface area contributed by atoms with E-state index in [0.717, 1.165) is 0 Å². The van der Waals surface area contributed by atoms with Crippen LogP contribution in [0.4, 0.5) is 0 Å². The van der Waals surface area contributed by atoms with E-state index in [2.05, 4.69) is 33.9 Å². The predicted molar refractivity (Wildman–Crippen MR) is 86.4 cm³/mol. The van der Waals surface area contributed by atoms with Crippen molar-refractivity contribution >= 4 is 8.32 Å². The molecular formula is C17H19N4OSi. The standard InChI is InChI=1S/C17H19N4OSi/c1-17(2,3)23(4,5)22-7-6-12-13(8-18)15(10-20)16(11-21)14(12)9-19/h6-7H2,1-5H3. The SMILES string of the molecule is CC(C)(C)[Si](C)(C)OCC[C]1[C](C#N)[C](C#N)[C](C#N)[C]1C#N. The van der Waals surface area contributed by atoms with Gasteiger partial charge in [-0.2, -0.15) is 21.0 Å². The molecule has 0 bridgehead atoms. The van der Waals surface area contributed by atoms with Crippen LogP contribution in [0.2, 0.25) is 18.1 Å². The molecule has 6 heteroatoms. The van der Waals surface area contributed by atoms with Gasteiger partial charge in [0.2, 0.25) is 0 Å². The molecule has 0 aromatic rings. The van der Waals surface area contributed by atoms with E-state index in [4.69, 9.17) is 4.43 Å². The summed E-state index contributed by atoms with van der Waals surface area (Å²) in [5.41, 5.74) is 0. The van der Waals surface area contributed by atoms with Crippen molar-refractivity contribution < 1.29 is 4.43 Å². The van der Waals surface area contributed by atoms with Crippen LogP contribution in [0.25, 0.3) is 0 Å². The van der Waals surface area contributed by atoms with Gasteiger partial charge in [-0.15, -0.1) is 0 Å². The molecule has 1 saturated carbocycles. The Morgan fingerprint density at radius 1 is 0.826 bits per heavy atom. The first-order valence-corrected chi connectivity index (χ1v) is 10.1. The summed E-state index contributed by atoms with van der Waals surface area (Å²) in [7, 11) is -1.93. The third kappa shape index (κ3) is 3.73. The molecule has 0 N–H and O–H groups in total. The molecule has 5 radical (unpaired) electrons. The molecule has 0 saturated heterocycles. The second-order valence-corrected chi connectivity index (χ2v) is 11.6. The summed E-state index contributed by atoms with van der Waals surface area (Å²) in [5.74, 6) is 0.684. The highest BCUT2D eigenvalue weighted by Crippen LogP contribution is 2.53. The van der Waals surface area contributed by atoms with Gasteiger partial charge in [-0.25, -0.2) is 0 Å². The normalized spacial score (nSPS) is 19.0. The molecule has 117 valence electrons. The fourth-order valence-electron chi connectivity index (χ4n) is 2.02. The summed E-state index contributed by atoms with van der Waals surface area (Å²) < 4.78 is 6.07. The van der Waals surface area contributed by atoms with Crippen LogP contribution in [-0.2, 0) is 4.43 Å². The maximum atomic E-state index is 9.30. The van der Waals surface area contributed by atoms with Crippen LogP contribution >= 0.6 is 0 Å². The number of nitrogens with zero attached hydrogens (tertiary/aromatic N) is 4. The lowest BCUT2D eigenvalue weighted by molar-refractivity contribution is 0.287. The van der Waals surface area contributed by atoms with Gasteiger partial charge in [0.1, 0.15) is 23.7 Å². The van der Waals surface area contributed by atoms with Crippen molar-refractivity contribution in [2.45, 2.75) is 45.3 Å². The second-order valence-electron chi connectivity index (χ2n) is 6.78. The largest absolute Gasteiger partial charge is 0.417 e. The van der Waals surface area contributed by atoms with E-state index in [1.54, 1.807) is 0 Å². The monoisotopic (exact) mass is 323 g/mol. The highest BCUT2D eigenvalue weighted by atomic mass is 28.4.